The van der Waals surface area contributed by atoms with Crippen molar-refractivity contribution in [2.45, 2.75) is 58.1 Å². The molecule has 1 aromatic rings. The molecule has 2 rings (SSSR count). The Hall–Kier alpha value is -1.44. The minimum atomic E-state index is -3.26. The summed E-state index contributed by atoms with van der Waals surface area (Å²) in [6.07, 6.45) is 3.43. The molecule has 0 radical (unpaired) electrons. The molecule has 1 saturated heterocycles. The monoisotopic (exact) mass is 381 g/mol. The van der Waals surface area contributed by atoms with Crippen LogP contribution in [0.15, 0.2) is 24.3 Å². The van der Waals surface area contributed by atoms with E-state index < -0.39 is 15.3 Å². The van der Waals surface area contributed by atoms with Crippen LogP contribution in [0.25, 0.3) is 0 Å². The number of benzene rings is 1. The summed E-state index contributed by atoms with van der Waals surface area (Å²) in [6.45, 7) is 9.07. The Morgan fingerprint density at radius 1 is 1.12 bits per heavy atom. The van der Waals surface area contributed by atoms with Crippen molar-refractivity contribution in [2.75, 3.05) is 24.6 Å². The van der Waals surface area contributed by atoms with Crippen LogP contribution in [0.2, 0.25) is 0 Å². The SMILES string of the molecule is CC(=O)N(c1ccc(C(C)CNS(=O)(=O)C(C)C)cc1)N1CCCCC1. The summed E-state index contributed by atoms with van der Waals surface area (Å²) in [5, 5.41) is 3.43. The van der Waals surface area contributed by atoms with E-state index in [1.54, 1.807) is 25.8 Å². The van der Waals surface area contributed by atoms with Crippen LogP contribution in [-0.2, 0) is 14.8 Å². The number of piperidine rings is 1. The van der Waals surface area contributed by atoms with E-state index in [0.29, 0.717) is 6.54 Å². The molecule has 0 aromatic heterocycles. The second kappa shape index (κ2) is 8.97. The summed E-state index contributed by atoms with van der Waals surface area (Å²) < 4.78 is 26.5. The summed E-state index contributed by atoms with van der Waals surface area (Å²) >= 11 is 0. The highest BCUT2D eigenvalue weighted by molar-refractivity contribution is 7.90. The van der Waals surface area contributed by atoms with Gasteiger partial charge < -0.3 is 0 Å². The fraction of sp³-hybridized carbons (Fsp3) is 0.632. The fourth-order valence-corrected chi connectivity index (χ4v) is 3.91. The van der Waals surface area contributed by atoms with E-state index in [9.17, 15) is 13.2 Å². The average molecular weight is 382 g/mol. The number of carbonyl (C=O) groups is 1. The van der Waals surface area contributed by atoms with Crippen molar-refractivity contribution in [3.63, 3.8) is 0 Å². The van der Waals surface area contributed by atoms with E-state index in [4.69, 9.17) is 0 Å². The van der Waals surface area contributed by atoms with Gasteiger partial charge in [-0.3, -0.25) is 4.79 Å². The van der Waals surface area contributed by atoms with Gasteiger partial charge in [0.15, 0.2) is 0 Å². The van der Waals surface area contributed by atoms with Crippen LogP contribution < -0.4 is 9.73 Å². The third kappa shape index (κ3) is 5.28. The Bertz CT molecular complexity index is 695. The van der Waals surface area contributed by atoms with E-state index in [-0.39, 0.29) is 11.8 Å². The van der Waals surface area contributed by atoms with Crippen LogP contribution in [-0.4, -0.2) is 44.2 Å². The first-order valence-corrected chi connectivity index (χ1v) is 10.9. The lowest BCUT2D eigenvalue weighted by Crippen LogP contribution is -2.48. The first-order chi connectivity index (χ1) is 12.2. The van der Waals surface area contributed by atoms with Gasteiger partial charge in [-0.05, 0) is 50.3 Å². The maximum absolute atomic E-state index is 12.1. The molecule has 0 bridgehead atoms. The van der Waals surface area contributed by atoms with Gasteiger partial charge in [0.2, 0.25) is 15.9 Å². The summed E-state index contributed by atoms with van der Waals surface area (Å²) in [5.74, 6) is 0.0655. The van der Waals surface area contributed by atoms with Gasteiger partial charge in [-0.25, -0.2) is 23.2 Å². The maximum Gasteiger partial charge on any atom is 0.238 e. The third-order valence-electron chi connectivity index (χ3n) is 4.83. The number of carbonyl (C=O) groups excluding carboxylic acids is 1. The Kier molecular flexibility index (Phi) is 7.20. The lowest BCUT2D eigenvalue weighted by Gasteiger charge is -2.36. The number of nitrogens with zero attached hydrogens (tertiary/aromatic N) is 2. The molecule has 26 heavy (non-hydrogen) atoms. The van der Waals surface area contributed by atoms with Crippen molar-refractivity contribution in [1.82, 2.24) is 9.73 Å². The summed E-state index contributed by atoms with van der Waals surface area (Å²) in [5.41, 5.74) is 1.90. The maximum atomic E-state index is 12.1. The molecule has 1 heterocycles. The smallest absolute Gasteiger partial charge is 0.238 e. The molecule has 6 nitrogen and oxygen atoms in total. The van der Waals surface area contributed by atoms with Gasteiger partial charge in [-0.2, -0.15) is 0 Å². The van der Waals surface area contributed by atoms with Gasteiger partial charge in [0.1, 0.15) is 0 Å². The second-order valence-electron chi connectivity index (χ2n) is 7.28. The number of hydrogen-bond donors (Lipinski definition) is 1. The number of hydrogen-bond acceptors (Lipinski definition) is 4. The van der Waals surface area contributed by atoms with Crippen LogP contribution in [0, 0.1) is 0 Å². The molecule has 1 N–H and O–H groups in total. The lowest BCUT2D eigenvalue weighted by atomic mass is 10.0. The molecule has 7 heteroatoms. The van der Waals surface area contributed by atoms with Crippen LogP contribution in [0.4, 0.5) is 5.69 Å². The average Bonchev–Trinajstić information content (AvgIpc) is 2.61. The number of sulfonamides is 1. The Morgan fingerprint density at radius 2 is 1.69 bits per heavy atom. The highest BCUT2D eigenvalue weighted by atomic mass is 32.2. The van der Waals surface area contributed by atoms with Gasteiger partial charge in [0.25, 0.3) is 0 Å². The summed E-state index contributed by atoms with van der Waals surface area (Å²) in [7, 11) is -3.26. The third-order valence-corrected chi connectivity index (χ3v) is 6.64. The van der Waals surface area contributed by atoms with E-state index in [1.165, 1.54) is 6.42 Å². The Balaban J connectivity index is 2.07. The Labute approximate surface area is 157 Å². The van der Waals surface area contributed by atoms with Gasteiger partial charge in [-0.1, -0.05) is 25.5 Å². The van der Waals surface area contributed by atoms with Crippen LogP contribution in [0.3, 0.4) is 0 Å². The van der Waals surface area contributed by atoms with Crippen LogP contribution in [0.1, 0.15) is 58.4 Å². The number of amides is 1. The highest BCUT2D eigenvalue weighted by Gasteiger charge is 2.22. The topological polar surface area (TPSA) is 69.7 Å². The van der Waals surface area contributed by atoms with E-state index >= 15 is 0 Å². The summed E-state index contributed by atoms with van der Waals surface area (Å²) in [6, 6.07) is 7.84. The predicted octanol–water partition coefficient (Wildman–Crippen LogP) is 2.87. The molecule has 0 saturated carbocycles. The van der Waals surface area contributed by atoms with Crippen LogP contribution in [0.5, 0.6) is 0 Å². The molecular formula is C19H31N3O3S. The number of rotatable bonds is 7. The fourth-order valence-electron chi connectivity index (χ4n) is 3.09. The van der Waals surface area contributed by atoms with Crippen molar-refractivity contribution in [3.05, 3.63) is 29.8 Å². The molecule has 146 valence electrons. The van der Waals surface area contributed by atoms with Crippen molar-refractivity contribution < 1.29 is 13.2 Å². The zero-order valence-corrected chi connectivity index (χ0v) is 17.1. The Morgan fingerprint density at radius 3 is 2.19 bits per heavy atom. The zero-order chi connectivity index (χ0) is 19.3. The van der Waals surface area contributed by atoms with Gasteiger partial charge in [-0.15, -0.1) is 0 Å². The zero-order valence-electron chi connectivity index (χ0n) is 16.2. The lowest BCUT2D eigenvalue weighted by molar-refractivity contribution is -0.119. The standard InChI is InChI=1S/C19H31N3O3S/c1-15(2)26(24,25)20-14-16(3)18-8-10-19(11-9-18)22(17(4)23)21-12-6-5-7-13-21/h8-11,15-16,20H,5-7,12-14H2,1-4H3. The molecule has 1 amide bonds. The first kappa shape index (κ1) is 20.9. The number of hydrazine groups is 1. The van der Waals surface area contributed by atoms with E-state index in [1.807, 2.05) is 31.2 Å². The summed E-state index contributed by atoms with van der Waals surface area (Å²) in [4.78, 5) is 12.1. The van der Waals surface area contributed by atoms with E-state index in [2.05, 4.69) is 9.73 Å². The van der Waals surface area contributed by atoms with Gasteiger partial charge in [0, 0.05) is 26.6 Å². The largest absolute Gasteiger partial charge is 0.273 e. The number of anilines is 1. The molecule has 1 unspecified atom stereocenters. The van der Waals surface area contributed by atoms with Crippen molar-refractivity contribution in [1.29, 1.82) is 0 Å². The minimum absolute atomic E-state index is 0.0115. The van der Waals surface area contributed by atoms with Gasteiger partial charge in [0.05, 0.1) is 10.9 Å². The quantitative estimate of drug-likeness (QED) is 0.788. The molecular weight excluding hydrogens is 350 g/mol. The molecule has 0 aliphatic carbocycles. The van der Waals surface area contributed by atoms with Crippen molar-refractivity contribution >= 4 is 21.6 Å². The van der Waals surface area contributed by atoms with Crippen molar-refractivity contribution in [2.24, 2.45) is 0 Å². The molecule has 1 aliphatic heterocycles. The van der Waals surface area contributed by atoms with Gasteiger partial charge >= 0.3 is 0 Å². The minimum Gasteiger partial charge on any atom is -0.273 e. The molecule has 1 fully saturated rings. The molecule has 1 aliphatic rings. The van der Waals surface area contributed by atoms with E-state index in [0.717, 1.165) is 37.2 Å². The highest BCUT2D eigenvalue weighted by Crippen LogP contribution is 2.24. The molecule has 1 atom stereocenters. The molecule has 1 aromatic carbocycles. The second-order valence-corrected chi connectivity index (χ2v) is 9.60. The number of nitrogens with one attached hydrogen (secondary N) is 1. The predicted molar refractivity (Wildman–Crippen MR) is 105 cm³/mol. The first-order valence-electron chi connectivity index (χ1n) is 9.36. The van der Waals surface area contributed by atoms with Crippen molar-refractivity contribution in [3.8, 4) is 0 Å². The molecule has 0 spiro atoms. The van der Waals surface area contributed by atoms with Crippen LogP contribution >= 0.6 is 0 Å². The normalized spacial score (nSPS) is 17.3.